The van der Waals surface area contributed by atoms with E-state index in [1.54, 1.807) is 7.05 Å². The second-order valence-electron chi connectivity index (χ2n) is 5.68. The van der Waals surface area contributed by atoms with E-state index in [0.29, 0.717) is 5.52 Å². The highest BCUT2D eigenvalue weighted by Crippen LogP contribution is 2.33. The van der Waals surface area contributed by atoms with Crippen LogP contribution in [0, 0.1) is 0 Å². The lowest BCUT2D eigenvalue weighted by Crippen LogP contribution is -2.09. The Morgan fingerprint density at radius 3 is 2.48 bits per heavy atom. The Morgan fingerprint density at radius 2 is 1.89 bits per heavy atom. The highest BCUT2D eigenvalue weighted by Gasteiger charge is 2.33. The number of methoxy groups -OCH3 is 1. The molecule has 0 saturated carbocycles. The Hall–Kier alpha value is -2.69. The first-order valence-corrected chi connectivity index (χ1v) is 9.40. The molecule has 144 valence electrons. The van der Waals surface area contributed by atoms with E-state index in [2.05, 4.69) is 15.0 Å². The van der Waals surface area contributed by atoms with Crippen LogP contribution in [0.15, 0.2) is 29.4 Å². The molecule has 11 heteroatoms. The molecule has 0 aromatic carbocycles. The first kappa shape index (κ1) is 19.1. The van der Waals surface area contributed by atoms with Crippen molar-refractivity contribution in [2.24, 2.45) is 7.05 Å². The van der Waals surface area contributed by atoms with Gasteiger partial charge in [-0.1, -0.05) is 6.92 Å². The average Bonchev–Trinajstić information content (AvgIpc) is 2.96. The Bertz CT molecular complexity index is 1120. The van der Waals surface area contributed by atoms with E-state index in [1.165, 1.54) is 30.9 Å². The maximum atomic E-state index is 12.9. The monoisotopic (exact) mass is 400 g/mol. The van der Waals surface area contributed by atoms with Gasteiger partial charge in [0.1, 0.15) is 22.0 Å². The number of hydrogen-bond donors (Lipinski definition) is 0. The number of pyridine rings is 2. The fraction of sp³-hybridized carbons (Fsp3) is 0.312. The van der Waals surface area contributed by atoms with E-state index in [4.69, 9.17) is 4.74 Å². The Kier molecular flexibility index (Phi) is 4.58. The fourth-order valence-corrected chi connectivity index (χ4v) is 3.60. The van der Waals surface area contributed by atoms with Crippen LogP contribution in [0.1, 0.15) is 12.6 Å². The Morgan fingerprint density at radius 1 is 1.19 bits per heavy atom. The molecule has 0 amide bonds. The summed E-state index contributed by atoms with van der Waals surface area (Å²) in [4.78, 5) is 11.6. The zero-order valence-corrected chi connectivity index (χ0v) is 15.4. The molecule has 0 fully saturated rings. The summed E-state index contributed by atoms with van der Waals surface area (Å²) < 4.78 is 70.1. The van der Waals surface area contributed by atoms with Crippen molar-refractivity contribution in [2.75, 3.05) is 12.9 Å². The van der Waals surface area contributed by atoms with E-state index >= 15 is 0 Å². The molecule has 0 saturated heterocycles. The second kappa shape index (κ2) is 6.48. The van der Waals surface area contributed by atoms with Crippen molar-refractivity contribution < 1.29 is 26.3 Å². The predicted octanol–water partition coefficient (Wildman–Crippen LogP) is 2.85. The van der Waals surface area contributed by atoms with Crippen LogP contribution in [0.2, 0.25) is 0 Å². The third-order valence-electron chi connectivity index (χ3n) is 4.05. The van der Waals surface area contributed by atoms with E-state index < -0.39 is 21.7 Å². The summed E-state index contributed by atoms with van der Waals surface area (Å²) >= 11 is 0. The molecule has 0 spiro atoms. The van der Waals surface area contributed by atoms with Gasteiger partial charge in [0.2, 0.25) is 0 Å². The standard InChI is InChI=1S/C16H15F3N4O3S/c1-4-27(24,25)12-5-9(26-3)7-21-14(12)15-22-10-6-13(16(17,18)19)20-8-11(10)23(15)2/h5-8H,4H2,1-3H3. The lowest BCUT2D eigenvalue weighted by Gasteiger charge is -2.10. The number of halogens is 3. The van der Waals surface area contributed by atoms with Gasteiger partial charge < -0.3 is 9.30 Å². The summed E-state index contributed by atoms with van der Waals surface area (Å²) in [5.41, 5.74) is -0.698. The van der Waals surface area contributed by atoms with Crippen LogP contribution < -0.4 is 4.74 Å². The van der Waals surface area contributed by atoms with Gasteiger partial charge in [-0.2, -0.15) is 13.2 Å². The van der Waals surface area contributed by atoms with Crippen molar-refractivity contribution in [3.8, 4) is 17.3 Å². The smallest absolute Gasteiger partial charge is 0.433 e. The molecule has 0 unspecified atom stereocenters. The summed E-state index contributed by atoms with van der Waals surface area (Å²) in [6.45, 7) is 1.48. The molecule has 0 aliphatic rings. The minimum absolute atomic E-state index is 0.0323. The van der Waals surface area contributed by atoms with Crippen molar-refractivity contribution in [1.82, 2.24) is 19.5 Å². The molecule has 3 rings (SSSR count). The molecule has 0 radical (unpaired) electrons. The first-order valence-electron chi connectivity index (χ1n) is 7.75. The Balaban J connectivity index is 2.28. The minimum atomic E-state index is -4.61. The maximum absolute atomic E-state index is 12.9. The topological polar surface area (TPSA) is 87.0 Å². The largest absolute Gasteiger partial charge is 0.495 e. The van der Waals surface area contributed by atoms with Crippen molar-refractivity contribution in [1.29, 1.82) is 0 Å². The van der Waals surface area contributed by atoms with E-state index in [9.17, 15) is 21.6 Å². The van der Waals surface area contributed by atoms with Crippen LogP contribution in [-0.4, -0.2) is 40.8 Å². The number of fused-ring (bicyclic) bond motifs is 1. The van der Waals surface area contributed by atoms with Gasteiger partial charge in [-0.05, 0) is 6.07 Å². The second-order valence-corrected chi connectivity index (χ2v) is 7.92. The van der Waals surface area contributed by atoms with E-state index in [0.717, 1.165) is 12.3 Å². The van der Waals surface area contributed by atoms with Crippen molar-refractivity contribution >= 4 is 20.9 Å². The normalized spacial score (nSPS) is 12.5. The Labute approximate surface area is 152 Å². The highest BCUT2D eigenvalue weighted by atomic mass is 32.2. The van der Waals surface area contributed by atoms with Gasteiger partial charge in [0.15, 0.2) is 15.7 Å². The summed E-state index contributed by atoms with van der Waals surface area (Å²) in [7, 11) is -0.764. The lowest BCUT2D eigenvalue weighted by atomic mass is 10.3. The van der Waals surface area contributed by atoms with E-state index in [-0.39, 0.29) is 33.4 Å². The quantitative estimate of drug-likeness (QED) is 0.669. The molecule has 0 aliphatic carbocycles. The van der Waals surface area contributed by atoms with Crippen molar-refractivity contribution in [3.63, 3.8) is 0 Å². The average molecular weight is 400 g/mol. The van der Waals surface area contributed by atoms with Gasteiger partial charge >= 0.3 is 6.18 Å². The highest BCUT2D eigenvalue weighted by molar-refractivity contribution is 7.91. The molecule has 7 nitrogen and oxygen atoms in total. The number of hydrogen-bond acceptors (Lipinski definition) is 6. The van der Waals surface area contributed by atoms with Gasteiger partial charge in [-0.3, -0.25) is 0 Å². The van der Waals surface area contributed by atoms with Gasteiger partial charge in [0.05, 0.1) is 36.3 Å². The lowest BCUT2D eigenvalue weighted by molar-refractivity contribution is -0.141. The molecule has 0 bridgehead atoms. The number of alkyl halides is 3. The number of rotatable bonds is 4. The van der Waals surface area contributed by atoms with Crippen LogP contribution in [-0.2, 0) is 23.1 Å². The van der Waals surface area contributed by atoms with Crippen LogP contribution in [0.25, 0.3) is 22.6 Å². The zero-order chi connectivity index (χ0) is 20.0. The summed E-state index contributed by atoms with van der Waals surface area (Å²) in [6, 6.07) is 2.14. The third kappa shape index (κ3) is 3.34. The van der Waals surface area contributed by atoms with Crippen LogP contribution in [0.3, 0.4) is 0 Å². The van der Waals surface area contributed by atoms with Crippen molar-refractivity contribution in [2.45, 2.75) is 18.0 Å². The van der Waals surface area contributed by atoms with Crippen LogP contribution >= 0.6 is 0 Å². The van der Waals surface area contributed by atoms with Gasteiger partial charge in [0, 0.05) is 13.1 Å². The number of aryl methyl sites for hydroxylation is 1. The molecule has 0 N–H and O–H groups in total. The van der Waals surface area contributed by atoms with Gasteiger partial charge in [-0.15, -0.1) is 0 Å². The number of ether oxygens (including phenoxy) is 1. The van der Waals surface area contributed by atoms with Gasteiger partial charge in [0.25, 0.3) is 0 Å². The predicted molar refractivity (Wildman–Crippen MR) is 91.0 cm³/mol. The molecule has 3 heterocycles. The fourth-order valence-electron chi connectivity index (χ4n) is 2.55. The first-order chi connectivity index (χ1) is 12.6. The van der Waals surface area contributed by atoms with Crippen molar-refractivity contribution in [3.05, 3.63) is 30.2 Å². The summed E-state index contributed by atoms with van der Waals surface area (Å²) in [6.07, 6.45) is -2.24. The third-order valence-corrected chi connectivity index (χ3v) is 5.79. The number of aromatic nitrogens is 4. The van der Waals surface area contributed by atoms with Gasteiger partial charge in [-0.25, -0.2) is 23.4 Å². The zero-order valence-electron chi connectivity index (χ0n) is 14.6. The minimum Gasteiger partial charge on any atom is -0.495 e. The molecule has 3 aromatic rings. The number of imidazole rings is 1. The maximum Gasteiger partial charge on any atom is 0.433 e. The summed E-state index contributed by atoms with van der Waals surface area (Å²) in [5, 5.41) is 0. The molecule has 0 aliphatic heterocycles. The number of nitrogens with zero attached hydrogens (tertiary/aromatic N) is 4. The van der Waals surface area contributed by atoms with E-state index in [1.807, 2.05) is 0 Å². The van der Waals surface area contributed by atoms with Crippen LogP contribution in [0.5, 0.6) is 5.75 Å². The van der Waals surface area contributed by atoms with Crippen LogP contribution in [0.4, 0.5) is 13.2 Å². The molecule has 3 aromatic heterocycles. The molecular weight excluding hydrogens is 385 g/mol. The molecular formula is C16H15F3N4O3S. The molecule has 0 atom stereocenters. The number of sulfone groups is 1. The molecule has 27 heavy (non-hydrogen) atoms. The SMILES string of the molecule is CCS(=O)(=O)c1cc(OC)cnc1-c1nc2cc(C(F)(F)F)ncc2n1C. The summed E-state index contributed by atoms with van der Waals surface area (Å²) in [5.74, 6) is 0.171.